The van der Waals surface area contributed by atoms with Crippen LogP contribution < -0.4 is 0 Å². The molecule has 0 spiro atoms. The van der Waals surface area contributed by atoms with E-state index in [1.54, 1.807) is 0 Å². The number of carbonyl (C=O) groups excluding carboxylic acids is 2. The lowest BCUT2D eigenvalue weighted by Crippen LogP contribution is -2.43. The molecule has 5 nitrogen and oxygen atoms in total. The van der Waals surface area contributed by atoms with Crippen molar-refractivity contribution in [2.24, 2.45) is 0 Å². The quantitative estimate of drug-likeness (QED) is 0.389. The largest absolute Gasteiger partial charge is 0.433 e. The molecule has 5 heteroatoms. The minimum Gasteiger partial charge on any atom is -0.433 e. The van der Waals surface area contributed by atoms with Crippen LogP contribution in [0, 0.1) is 0 Å². The van der Waals surface area contributed by atoms with Crippen LogP contribution in [0.4, 0.5) is 0 Å². The SMILES string of the molecule is CCCCCCCCC1OC(OC(C)=O)C2OC2C1=O. The lowest BCUT2D eigenvalue weighted by molar-refractivity contribution is -0.198. The molecule has 2 saturated heterocycles. The highest BCUT2D eigenvalue weighted by molar-refractivity contribution is 5.91. The van der Waals surface area contributed by atoms with E-state index < -0.39 is 24.5 Å². The second-order valence-electron chi connectivity index (χ2n) is 5.58. The third-order valence-corrected chi connectivity index (χ3v) is 3.79. The number of unbranched alkanes of at least 4 members (excludes halogenated alkanes) is 5. The van der Waals surface area contributed by atoms with Crippen LogP contribution in [0.25, 0.3) is 0 Å². The van der Waals surface area contributed by atoms with Crippen LogP contribution in [0.2, 0.25) is 0 Å². The molecule has 0 aromatic rings. The topological polar surface area (TPSA) is 65.1 Å². The van der Waals surface area contributed by atoms with E-state index in [0.717, 1.165) is 12.8 Å². The van der Waals surface area contributed by atoms with Crippen molar-refractivity contribution >= 4 is 11.8 Å². The van der Waals surface area contributed by atoms with Gasteiger partial charge in [-0.25, -0.2) is 0 Å². The molecule has 0 aliphatic carbocycles. The molecule has 0 amide bonds. The van der Waals surface area contributed by atoms with Crippen LogP contribution in [0.1, 0.15) is 58.8 Å². The Morgan fingerprint density at radius 3 is 2.55 bits per heavy atom. The molecule has 0 N–H and O–H groups in total. The summed E-state index contributed by atoms with van der Waals surface area (Å²) >= 11 is 0. The molecule has 0 aromatic carbocycles. The zero-order valence-corrected chi connectivity index (χ0v) is 12.3. The summed E-state index contributed by atoms with van der Waals surface area (Å²) in [5.74, 6) is -0.399. The zero-order valence-electron chi connectivity index (χ0n) is 12.3. The minimum absolute atomic E-state index is 0.00644. The maximum absolute atomic E-state index is 12.0. The van der Waals surface area contributed by atoms with Gasteiger partial charge in [-0.2, -0.15) is 0 Å². The van der Waals surface area contributed by atoms with Gasteiger partial charge < -0.3 is 14.2 Å². The third-order valence-electron chi connectivity index (χ3n) is 3.79. The van der Waals surface area contributed by atoms with Crippen molar-refractivity contribution in [2.45, 2.75) is 83.4 Å². The van der Waals surface area contributed by atoms with E-state index in [2.05, 4.69) is 6.92 Å². The number of hydrogen-bond acceptors (Lipinski definition) is 5. The number of epoxide rings is 1. The predicted molar refractivity (Wildman–Crippen MR) is 72.1 cm³/mol. The third kappa shape index (κ3) is 4.03. The fraction of sp³-hybridized carbons (Fsp3) is 0.867. The highest BCUT2D eigenvalue weighted by Gasteiger charge is 2.58. The van der Waals surface area contributed by atoms with Crippen molar-refractivity contribution in [2.75, 3.05) is 0 Å². The van der Waals surface area contributed by atoms with Crippen LogP contribution in [-0.4, -0.2) is 36.4 Å². The molecular formula is C15H24O5. The van der Waals surface area contributed by atoms with E-state index in [0.29, 0.717) is 6.42 Å². The van der Waals surface area contributed by atoms with Gasteiger partial charge in [0.15, 0.2) is 18.0 Å². The number of esters is 1. The van der Waals surface area contributed by atoms with Crippen LogP contribution >= 0.6 is 0 Å². The fourth-order valence-corrected chi connectivity index (χ4v) is 2.63. The van der Waals surface area contributed by atoms with Crippen molar-refractivity contribution < 1.29 is 23.8 Å². The van der Waals surface area contributed by atoms with E-state index in [-0.39, 0.29) is 11.9 Å². The maximum atomic E-state index is 12.0. The Morgan fingerprint density at radius 1 is 1.15 bits per heavy atom. The van der Waals surface area contributed by atoms with Crippen molar-refractivity contribution in [3.8, 4) is 0 Å². The van der Waals surface area contributed by atoms with Gasteiger partial charge in [-0.15, -0.1) is 0 Å². The Kier molecular flexibility index (Phi) is 5.54. The Bertz CT molecular complexity index is 354. The molecule has 20 heavy (non-hydrogen) atoms. The standard InChI is InChI=1S/C15H24O5/c1-3-4-5-6-7-8-9-11-12(17)13-14(20-13)15(19-11)18-10(2)16/h11,13-15H,3-9H2,1-2H3. The van der Waals surface area contributed by atoms with Crippen molar-refractivity contribution in [3.63, 3.8) is 0 Å². The van der Waals surface area contributed by atoms with E-state index in [9.17, 15) is 9.59 Å². The average Bonchev–Trinajstić information content (AvgIpc) is 3.18. The van der Waals surface area contributed by atoms with E-state index in [1.807, 2.05) is 0 Å². The maximum Gasteiger partial charge on any atom is 0.305 e. The second kappa shape index (κ2) is 7.18. The van der Waals surface area contributed by atoms with Gasteiger partial charge in [-0.3, -0.25) is 9.59 Å². The van der Waals surface area contributed by atoms with Crippen LogP contribution in [0.5, 0.6) is 0 Å². The molecule has 0 saturated carbocycles. The Labute approximate surface area is 120 Å². The fourth-order valence-electron chi connectivity index (χ4n) is 2.63. The van der Waals surface area contributed by atoms with Gasteiger partial charge in [0.05, 0.1) is 0 Å². The lowest BCUT2D eigenvalue weighted by atomic mass is 10.00. The Morgan fingerprint density at radius 2 is 1.85 bits per heavy atom. The van der Waals surface area contributed by atoms with Crippen LogP contribution in [0.3, 0.4) is 0 Å². The number of rotatable bonds is 8. The first-order valence-corrected chi connectivity index (χ1v) is 7.65. The van der Waals surface area contributed by atoms with Gasteiger partial charge >= 0.3 is 5.97 Å². The van der Waals surface area contributed by atoms with Gasteiger partial charge in [-0.1, -0.05) is 45.4 Å². The zero-order chi connectivity index (χ0) is 14.5. The van der Waals surface area contributed by atoms with Gasteiger partial charge in [0.25, 0.3) is 0 Å². The first-order valence-electron chi connectivity index (χ1n) is 7.65. The average molecular weight is 284 g/mol. The summed E-state index contributed by atoms with van der Waals surface area (Å²) in [5.41, 5.74) is 0. The minimum atomic E-state index is -0.708. The highest BCUT2D eigenvalue weighted by Crippen LogP contribution is 2.36. The van der Waals surface area contributed by atoms with Gasteiger partial charge in [0.2, 0.25) is 6.29 Å². The highest BCUT2D eigenvalue weighted by atomic mass is 16.7. The summed E-state index contributed by atoms with van der Waals surface area (Å²) in [6.45, 7) is 3.52. The number of carbonyl (C=O) groups is 2. The summed E-state index contributed by atoms with van der Waals surface area (Å²) in [6, 6.07) is 0. The molecule has 0 bridgehead atoms. The molecule has 4 atom stereocenters. The predicted octanol–water partition coefficient (Wildman–Crippen LogP) is 2.36. The van der Waals surface area contributed by atoms with Gasteiger partial charge in [0, 0.05) is 6.92 Å². The first-order chi connectivity index (χ1) is 9.63. The number of ketones is 1. The molecule has 2 aliphatic rings. The normalized spacial score (nSPS) is 31.8. The van der Waals surface area contributed by atoms with E-state index >= 15 is 0 Å². The van der Waals surface area contributed by atoms with Gasteiger partial charge in [-0.05, 0) is 6.42 Å². The summed E-state index contributed by atoms with van der Waals surface area (Å²) < 4.78 is 15.9. The summed E-state index contributed by atoms with van der Waals surface area (Å²) in [5, 5.41) is 0. The number of hydrogen-bond donors (Lipinski definition) is 0. The van der Waals surface area contributed by atoms with Crippen molar-refractivity contribution in [3.05, 3.63) is 0 Å². The molecule has 0 radical (unpaired) electrons. The molecular weight excluding hydrogens is 260 g/mol. The smallest absolute Gasteiger partial charge is 0.305 e. The van der Waals surface area contributed by atoms with Gasteiger partial charge in [0.1, 0.15) is 6.10 Å². The Balaban J connectivity index is 1.70. The Hall–Kier alpha value is -0.940. The van der Waals surface area contributed by atoms with E-state index in [1.165, 1.54) is 32.6 Å². The number of Topliss-reactive ketones (excluding diaryl/α,β-unsaturated/α-hetero) is 1. The van der Waals surface area contributed by atoms with Crippen LogP contribution in [-0.2, 0) is 23.8 Å². The lowest BCUT2D eigenvalue weighted by Gasteiger charge is -2.25. The van der Waals surface area contributed by atoms with Crippen LogP contribution in [0.15, 0.2) is 0 Å². The summed E-state index contributed by atoms with van der Waals surface area (Å²) in [6.07, 6.45) is 5.73. The van der Waals surface area contributed by atoms with Crippen molar-refractivity contribution in [1.82, 2.24) is 0 Å². The molecule has 0 aromatic heterocycles. The number of ether oxygens (including phenoxy) is 3. The summed E-state index contributed by atoms with van der Waals surface area (Å²) in [4.78, 5) is 23.0. The molecule has 4 unspecified atom stereocenters. The first kappa shape index (κ1) is 15.4. The summed E-state index contributed by atoms with van der Waals surface area (Å²) in [7, 11) is 0. The second-order valence-corrected chi connectivity index (χ2v) is 5.58. The molecule has 114 valence electrons. The molecule has 2 rings (SSSR count). The molecule has 2 aliphatic heterocycles. The van der Waals surface area contributed by atoms with E-state index in [4.69, 9.17) is 14.2 Å². The monoisotopic (exact) mass is 284 g/mol. The number of fused-ring (bicyclic) bond motifs is 1. The molecule has 2 fully saturated rings. The molecule has 2 heterocycles. The van der Waals surface area contributed by atoms with Crippen molar-refractivity contribution in [1.29, 1.82) is 0 Å².